The van der Waals surface area contributed by atoms with Gasteiger partial charge in [-0.15, -0.1) is 0 Å². The van der Waals surface area contributed by atoms with Crippen LogP contribution in [0, 0.1) is 0 Å². The quantitative estimate of drug-likeness (QED) is 0.677. The summed E-state index contributed by atoms with van der Waals surface area (Å²) in [7, 11) is 4.88. The van der Waals surface area contributed by atoms with Gasteiger partial charge in [0, 0.05) is 42.9 Å². The molecule has 0 saturated heterocycles. The summed E-state index contributed by atoms with van der Waals surface area (Å²) in [6, 6.07) is 13.4. The van der Waals surface area contributed by atoms with E-state index in [0.29, 0.717) is 42.6 Å². The number of H-pyrrole nitrogens is 1. The summed E-state index contributed by atoms with van der Waals surface area (Å²) in [4.78, 5) is 22.6. The zero-order chi connectivity index (χ0) is 21.1. The molecule has 7 heteroatoms. The van der Waals surface area contributed by atoms with E-state index in [0.717, 1.165) is 28.9 Å². The fourth-order valence-electron chi connectivity index (χ4n) is 3.82. The van der Waals surface area contributed by atoms with Gasteiger partial charge in [-0.3, -0.25) is 9.69 Å². The van der Waals surface area contributed by atoms with Crippen LogP contribution in [0.5, 0.6) is 17.2 Å². The topological polar surface area (TPSA) is 76.7 Å². The molecule has 1 aromatic heterocycles. The monoisotopic (exact) mass is 407 g/mol. The number of rotatable bonds is 6. The lowest BCUT2D eigenvalue weighted by Crippen LogP contribution is -2.35. The maximum atomic E-state index is 12.6. The number of benzene rings is 2. The van der Waals surface area contributed by atoms with Gasteiger partial charge in [0.1, 0.15) is 23.1 Å². The van der Waals surface area contributed by atoms with E-state index in [1.807, 2.05) is 42.5 Å². The Morgan fingerprint density at radius 1 is 1.03 bits per heavy atom. The van der Waals surface area contributed by atoms with Gasteiger partial charge in [-0.25, -0.2) is 4.98 Å². The zero-order valence-corrected chi connectivity index (χ0v) is 17.4. The molecule has 0 atom stereocenters. The van der Waals surface area contributed by atoms with E-state index in [4.69, 9.17) is 19.2 Å². The van der Waals surface area contributed by atoms with Crippen molar-refractivity contribution in [1.29, 1.82) is 0 Å². The average molecular weight is 407 g/mol. The maximum Gasteiger partial charge on any atom is 0.254 e. The van der Waals surface area contributed by atoms with E-state index in [9.17, 15) is 4.79 Å². The summed E-state index contributed by atoms with van der Waals surface area (Å²) in [5.74, 6) is 2.69. The van der Waals surface area contributed by atoms with Crippen LogP contribution in [0.25, 0.3) is 11.4 Å². The Kier molecular flexibility index (Phi) is 5.72. The third-order valence-electron chi connectivity index (χ3n) is 5.40. The first-order valence-corrected chi connectivity index (χ1v) is 9.81. The van der Waals surface area contributed by atoms with Crippen LogP contribution in [-0.4, -0.2) is 42.7 Å². The molecule has 0 spiro atoms. The van der Waals surface area contributed by atoms with E-state index in [1.165, 1.54) is 0 Å². The summed E-state index contributed by atoms with van der Waals surface area (Å²) in [5, 5.41) is 0. The Bertz CT molecular complexity index is 1070. The van der Waals surface area contributed by atoms with Gasteiger partial charge in [0.05, 0.1) is 32.6 Å². The molecule has 1 aliphatic heterocycles. The van der Waals surface area contributed by atoms with Crippen molar-refractivity contribution >= 4 is 0 Å². The molecule has 0 amide bonds. The highest BCUT2D eigenvalue weighted by Crippen LogP contribution is 2.35. The Morgan fingerprint density at radius 2 is 1.73 bits per heavy atom. The lowest BCUT2D eigenvalue weighted by molar-refractivity contribution is 0.232. The largest absolute Gasteiger partial charge is 0.496 e. The number of hydrogen-bond donors (Lipinski definition) is 1. The predicted molar refractivity (Wildman–Crippen MR) is 114 cm³/mol. The second-order valence-corrected chi connectivity index (χ2v) is 7.18. The molecule has 7 nitrogen and oxygen atoms in total. The highest BCUT2D eigenvalue weighted by molar-refractivity contribution is 5.55. The van der Waals surface area contributed by atoms with Crippen molar-refractivity contribution in [2.75, 3.05) is 27.9 Å². The minimum atomic E-state index is -0.0573. The molecule has 1 N–H and O–H groups in total. The molecule has 0 fully saturated rings. The van der Waals surface area contributed by atoms with Crippen molar-refractivity contribution in [2.24, 2.45) is 0 Å². The number of ether oxygens (including phenoxy) is 3. The van der Waals surface area contributed by atoms with Gasteiger partial charge in [0.15, 0.2) is 0 Å². The highest BCUT2D eigenvalue weighted by Gasteiger charge is 2.24. The van der Waals surface area contributed by atoms with E-state index in [2.05, 4.69) is 9.88 Å². The minimum Gasteiger partial charge on any atom is -0.496 e. The number of nitrogens with one attached hydrogen (secondary N) is 1. The fourth-order valence-corrected chi connectivity index (χ4v) is 3.82. The lowest BCUT2D eigenvalue weighted by Gasteiger charge is -2.29. The van der Waals surface area contributed by atoms with Crippen LogP contribution in [-0.2, 0) is 19.5 Å². The maximum absolute atomic E-state index is 12.6. The zero-order valence-electron chi connectivity index (χ0n) is 17.4. The summed E-state index contributed by atoms with van der Waals surface area (Å²) in [6.07, 6.45) is 0.646. The Hall–Kier alpha value is -3.32. The summed E-state index contributed by atoms with van der Waals surface area (Å²) < 4.78 is 16.5. The number of nitrogens with zero attached hydrogens (tertiary/aromatic N) is 2. The normalized spacial score (nSPS) is 13.6. The van der Waals surface area contributed by atoms with E-state index < -0.39 is 0 Å². The number of fused-ring (bicyclic) bond motifs is 1. The van der Waals surface area contributed by atoms with Gasteiger partial charge >= 0.3 is 0 Å². The van der Waals surface area contributed by atoms with Crippen molar-refractivity contribution in [2.45, 2.75) is 19.5 Å². The van der Waals surface area contributed by atoms with Crippen molar-refractivity contribution < 1.29 is 14.2 Å². The summed E-state index contributed by atoms with van der Waals surface area (Å²) in [6.45, 7) is 1.95. The van der Waals surface area contributed by atoms with Gasteiger partial charge in [0.25, 0.3) is 5.56 Å². The number of aromatic amines is 1. The lowest BCUT2D eigenvalue weighted by atomic mass is 10.0. The second kappa shape index (κ2) is 8.59. The summed E-state index contributed by atoms with van der Waals surface area (Å²) >= 11 is 0. The first-order chi connectivity index (χ1) is 14.6. The molecule has 0 radical (unpaired) electrons. The van der Waals surface area contributed by atoms with Crippen LogP contribution in [0.15, 0.2) is 47.3 Å². The third kappa shape index (κ3) is 3.89. The molecule has 1 aliphatic rings. The molecule has 3 aromatic rings. The molecule has 2 aromatic carbocycles. The van der Waals surface area contributed by atoms with Gasteiger partial charge in [-0.2, -0.15) is 0 Å². The van der Waals surface area contributed by atoms with Gasteiger partial charge in [-0.1, -0.05) is 30.3 Å². The van der Waals surface area contributed by atoms with Crippen LogP contribution >= 0.6 is 0 Å². The van der Waals surface area contributed by atoms with E-state index >= 15 is 0 Å². The standard InChI is InChI=1S/C23H25N3O4/c1-28-16-11-20(29-2)18(21(12-16)30-3)13-26-10-9-17-19(14-26)24-22(25-23(17)27)15-7-5-4-6-8-15/h4-8,11-12H,9-10,13-14H2,1-3H3,(H,24,25,27). The van der Waals surface area contributed by atoms with Crippen LogP contribution in [0.2, 0.25) is 0 Å². The highest BCUT2D eigenvalue weighted by atomic mass is 16.5. The first-order valence-electron chi connectivity index (χ1n) is 9.81. The predicted octanol–water partition coefficient (Wildman–Crippen LogP) is 3.02. The van der Waals surface area contributed by atoms with Crippen LogP contribution in [0.3, 0.4) is 0 Å². The van der Waals surface area contributed by atoms with Crippen molar-refractivity contribution in [3.05, 3.63) is 69.6 Å². The molecule has 0 unspecified atom stereocenters. The van der Waals surface area contributed by atoms with Crippen LogP contribution in [0.4, 0.5) is 0 Å². The number of hydrogen-bond acceptors (Lipinski definition) is 6. The Labute approximate surface area is 175 Å². The van der Waals surface area contributed by atoms with Gasteiger partial charge in [0.2, 0.25) is 0 Å². The Morgan fingerprint density at radius 3 is 2.37 bits per heavy atom. The molecular formula is C23H25N3O4. The third-order valence-corrected chi connectivity index (χ3v) is 5.40. The SMILES string of the molecule is COc1cc(OC)c(CN2CCc3c(nc(-c4ccccc4)[nH]c3=O)C2)c(OC)c1. The number of methoxy groups -OCH3 is 3. The molecule has 0 aliphatic carbocycles. The first kappa shape index (κ1) is 20.0. The van der Waals surface area contributed by atoms with Crippen LogP contribution < -0.4 is 19.8 Å². The smallest absolute Gasteiger partial charge is 0.254 e. The summed E-state index contributed by atoms with van der Waals surface area (Å²) in [5.41, 5.74) is 3.36. The fraction of sp³-hybridized carbons (Fsp3) is 0.304. The van der Waals surface area contributed by atoms with Crippen molar-refractivity contribution in [1.82, 2.24) is 14.9 Å². The van der Waals surface area contributed by atoms with Gasteiger partial charge in [-0.05, 0) is 6.42 Å². The van der Waals surface area contributed by atoms with Gasteiger partial charge < -0.3 is 19.2 Å². The average Bonchev–Trinajstić information content (AvgIpc) is 2.79. The van der Waals surface area contributed by atoms with Crippen molar-refractivity contribution in [3.63, 3.8) is 0 Å². The van der Waals surface area contributed by atoms with Crippen LogP contribution in [0.1, 0.15) is 16.8 Å². The molecule has 30 heavy (non-hydrogen) atoms. The molecule has 4 rings (SSSR count). The second-order valence-electron chi connectivity index (χ2n) is 7.18. The Balaban J connectivity index is 1.64. The van der Waals surface area contributed by atoms with E-state index in [1.54, 1.807) is 21.3 Å². The minimum absolute atomic E-state index is 0.0573. The van der Waals surface area contributed by atoms with Crippen molar-refractivity contribution in [3.8, 4) is 28.6 Å². The molecular weight excluding hydrogens is 382 g/mol. The number of aromatic nitrogens is 2. The molecule has 0 saturated carbocycles. The molecule has 0 bridgehead atoms. The van der Waals surface area contributed by atoms with E-state index in [-0.39, 0.29) is 5.56 Å². The molecule has 156 valence electrons. The molecule has 2 heterocycles.